The van der Waals surface area contributed by atoms with E-state index in [1.165, 1.54) is 64.2 Å². The summed E-state index contributed by atoms with van der Waals surface area (Å²) in [7, 11) is 0. The van der Waals surface area contributed by atoms with Crippen molar-refractivity contribution in [2.75, 3.05) is 0 Å². The number of hydrogen-bond donors (Lipinski definition) is 1. The van der Waals surface area contributed by atoms with Crippen LogP contribution in [0.5, 0.6) is 0 Å². The van der Waals surface area contributed by atoms with E-state index in [1.807, 2.05) is 20.8 Å². The van der Waals surface area contributed by atoms with Crippen LogP contribution in [-0.2, 0) is 0 Å². The second-order valence-corrected chi connectivity index (χ2v) is 11.7. The van der Waals surface area contributed by atoms with E-state index >= 15 is 0 Å². The number of allylic oxidation sites excluding steroid dienone is 3. The number of rotatable bonds is 0. The van der Waals surface area contributed by atoms with Crippen LogP contribution in [0.25, 0.3) is 0 Å². The van der Waals surface area contributed by atoms with E-state index in [-0.39, 0.29) is 5.54 Å². The molecule has 1 nitrogen and oxygen atoms in total. The minimum atomic E-state index is 0.216. The van der Waals surface area contributed by atoms with Crippen molar-refractivity contribution in [3.8, 4) is 0 Å². The quantitative estimate of drug-likeness (QED) is 0.398. The third-order valence-corrected chi connectivity index (χ3v) is 10.6. The summed E-state index contributed by atoms with van der Waals surface area (Å²) in [6, 6.07) is 0. The lowest BCUT2D eigenvalue weighted by atomic mass is 9.39. The zero-order chi connectivity index (χ0) is 22.2. The highest BCUT2D eigenvalue weighted by Crippen LogP contribution is 2.69. The summed E-state index contributed by atoms with van der Waals surface area (Å²) in [6.07, 6.45) is 20.9. The van der Waals surface area contributed by atoms with Gasteiger partial charge in [0, 0.05) is 5.54 Å². The molecule has 0 aromatic rings. The first-order chi connectivity index (χ1) is 14.3. The van der Waals surface area contributed by atoms with Crippen LogP contribution in [0.2, 0.25) is 0 Å². The van der Waals surface area contributed by atoms with E-state index in [1.54, 1.807) is 6.08 Å². The molecule has 5 rings (SSSR count). The SMILES string of the molecule is C=CC.CC.CC1C=CCC2(C)C1CCC1(C)C3CCC4(N)CCC[C@@H]4C3CCC21. The lowest BCUT2D eigenvalue weighted by Crippen LogP contribution is -2.61. The molecule has 0 saturated heterocycles. The largest absolute Gasteiger partial charge is 0.325 e. The van der Waals surface area contributed by atoms with Crippen LogP contribution in [0, 0.1) is 46.3 Å². The van der Waals surface area contributed by atoms with Crippen molar-refractivity contribution < 1.29 is 0 Å². The molecule has 0 spiro atoms. The Morgan fingerprint density at radius 2 is 1.57 bits per heavy atom. The maximum Gasteiger partial charge on any atom is 0.0185 e. The van der Waals surface area contributed by atoms with Gasteiger partial charge < -0.3 is 5.73 Å². The van der Waals surface area contributed by atoms with Gasteiger partial charge in [0.15, 0.2) is 0 Å². The van der Waals surface area contributed by atoms with Crippen molar-refractivity contribution >= 4 is 0 Å². The highest BCUT2D eigenvalue weighted by atomic mass is 14.8. The molecular formula is C29H51N. The summed E-state index contributed by atoms with van der Waals surface area (Å²) in [4.78, 5) is 0. The van der Waals surface area contributed by atoms with E-state index in [0.29, 0.717) is 10.8 Å². The zero-order valence-electron chi connectivity index (χ0n) is 21.1. The maximum absolute atomic E-state index is 6.92. The Labute approximate surface area is 188 Å². The van der Waals surface area contributed by atoms with Crippen LogP contribution in [0.4, 0.5) is 0 Å². The Balaban J connectivity index is 0.000000473. The third-order valence-electron chi connectivity index (χ3n) is 10.6. The first-order valence-corrected chi connectivity index (χ1v) is 13.3. The highest BCUT2D eigenvalue weighted by Gasteiger charge is 2.63. The zero-order valence-corrected chi connectivity index (χ0v) is 21.1. The molecular weight excluding hydrogens is 362 g/mol. The molecule has 0 aromatic heterocycles. The average Bonchev–Trinajstić information content (AvgIpc) is 3.11. The van der Waals surface area contributed by atoms with Crippen molar-refractivity contribution in [2.24, 2.45) is 52.1 Å². The molecule has 5 aliphatic rings. The van der Waals surface area contributed by atoms with Crippen molar-refractivity contribution in [1.82, 2.24) is 0 Å². The van der Waals surface area contributed by atoms with Crippen molar-refractivity contribution in [3.05, 3.63) is 24.8 Å². The molecule has 9 atom stereocenters. The predicted molar refractivity (Wildman–Crippen MR) is 132 cm³/mol. The molecule has 4 fully saturated rings. The molecule has 0 heterocycles. The molecule has 5 aliphatic carbocycles. The van der Waals surface area contributed by atoms with Crippen LogP contribution >= 0.6 is 0 Å². The topological polar surface area (TPSA) is 26.0 Å². The molecule has 2 N–H and O–H groups in total. The Hall–Kier alpha value is -0.560. The lowest BCUT2D eigenvalue weighted by molar-refractivity contribution is -0.163. The van der Waals surface area contributed by atoms with E-state index in [9.17, 15) is 0 Å². The van der Waals surface area contributed by atoms with Crippen LogP contribution in [0.1, 0.15) is 106 Å². The number of fused-ring (bicyclic) bond motifs is 7. The fourth-order valence-electron chi connectivity index (χ4n) is 9.49. The summed E-state index contributed by atoms with van der Waals surface area (Å²) < 4.78 is 0. The summed E-state index contributed by atoms with van der Waals surface area (Å²) in [6.45, 7) is 17.1. The standard InChI is InChI=1S/C24H39N.C3H6.C2H6/c1-16-6-4-12-22(2)18(16)10-14-23(3)19-11-15-24(25)13-5-7-20(24)17(19)8-9-21(22)23;1-3-2;1-2/h4,6,16-21H,5,7-15,25H2,1-3H3;3H,1H2,2H3;1-2H3/t16?,17?,18?,19?,20-,21?,22?,23?,24?;;/m1../s1. The molecule has 0 aliphatic heterocycles. The van der Waals surface area contributed by atoms with Gasteiger partial charge in [-0.15, -0.1) is 6.58 Å². The second kappa shape index (κ2) is 9.13. The highest BCUT2D eigenvalue weighted by molar-refractivity contribution is 5.17. The smallest absolute Gasteiger partial charge is 0.0185 e. The Kier molecular flexibility index (Phi) is 7.33. The summed E-state index contributed by atoms with van der Waals surface area (Å²) in [5.74, 6) is 5.41. The van der Waals surface area contributed by atoms with Gasteiger partial charge in [-0.2, -0.15) is 0 Å². The Morgan fingerprint density at radius 3 is 2.27 bits per heavy atom. The van der Waals surface area contributed by atoms with Gasteiger partial charge in [-0.05, 0) is 111 Å². The van der Waals surface area contributed by atoms with E-state index in [2.05, 4.69) is 39.5 Å². The summed E-state index contributed by atoms with van der Waals surface area (Å²) >= 11 is 0. The first-order valence-electron chi connectivity index (χ1n) is 13.3. The molecule has 172 valence electrons. The van der Waals surface area contributed by atoms with E-state index in [4.69, 9.17) is 5.73 Å². The van der Waals surface area contributed by atoms with Crippen LogP contribution in [0.3, 0.4) is 0 Å². The molecule has 0 amide bonds. The van der Waals surface area contributed by atoms with Gasteiger partial charge in [0.25, 0.3) is 0 Å². The molecule has 0 aromatic carbocycles. The van der Waals surface area contributed by atoms with Crippen molar-refractivity contribution in [1.29, 1.82) is 0 Å². The Morgan fingerprint density at radius 1 is 0.900 bits per heavy atom. The van der Waals surface area contributed by atoms with Crippen molar-refractivity contribution in [3.63, 3.8) is 0 Å². The van der Waals surface area contributed by atoms with E-state index < -0.39 is 0 Å². The number of hydrogen-bond acceptors (Lipinski definition) is 1. The van der Waals surface area contributed by atoms with Gasteiger partial charge in [0.05, 0.1) is 0 Å². The van der Waals surface area contributed by atoms with Gasteiger partial charge >= 0.3 is 0 Å². The predicted octanol–water partition coefficient (Wildman–Crippen LogP) is 8.16. The van der Waals surface area contributed by atoms with Gasteiger partial charge in [-0.25, -0.2) is 0 Å². The molecule has 30 heavy (non-hydrogen) atoms. The molecule has 1 heteroatoms. The van der Waals surface area contributed by atoms with Crippen LogP contribution in [-0.4, -0.2) is 5.54 Å². The lowest BCUT2D eigenvalue weighted by Gasteiger charge is -2.66. The first kappa shape index (κ1) is 24.1. The van der Waals surface area contributed by atoms with Gasteiger partial charge in [0.2, 0.25) is 0 Å². The molecule has 0 radical (unpaired) electrons. The van der Waals surface area contributed by atoms with Gasteiger partial charge in [-0.1, -0.05) is 59.3 Å². The summed E-state index contributed by atoms with van der Waals surface area (Å²) in [5, 5.41) is 0. The fourth-order valence-corrected chi connectivity index (χ4v) is 9.49. The minimum Gasteiger partial charge on any atom is -0.325 e. The van der Waals surface area contributed by atoms with Crippen LogP contribution < -0.4 is 5.73 Å². The maximum atomic E-state index is 6.92. The minimum absolute atomic E-state index is 0.216. The normalized spacial score (nSPS) is 50.9. The monoisotopic (exact) mass is 413 g/mol. The second-order valence-electron chi connectivity index (χ2n) is 11.7. The average molecular weight is 414 g/mol. The van der Waals surface area contributed by atoms with E-state index in [0.717, 1.165) is 35.5 Å². The Bertz CT molecular complexity index is 622. The van der Waals surface area contributed by atoms with Crippen LogP contribution in [0.15, 0.2) is 24.8 Å². The summed E-state index contributed by atoms with van der Waals surface area (Å²) in [5.41, 5.74) is 8.28. The van der Waals surface area contributed by atoms with Crippen molar-refractivity contribution in [2.45, 2.75) is 111 Å². The van der Waals surface area contributed by atoms with Gasteiger partial charge in [-0.3, -0.25) is 0 Å². The number of nitrogens with two attached hydrogens (primary N) is 1. The van der Waals surface area contributed by atoms with Gasteiger partial charge in [0.1, 0.15) is 0 Å². The molecule has 4 saturated carbocycles. The molecule has 8 unspecified atom stereocenters. The third kappa shape index (κ3) is 3.66. The molecule has 0 bridgehead atoms. The fraction of sp³-hybridized carbons (Fsp3) is 0.862.